The number of ether oxygens (including phenoxy) is 4. The number of rotatable bonds is 83. The van der Waals surface area contributed by atoms with E-state index in [0.717, 1.165) is 102 Å². The van der Waals surface area contributed by atoms with Crippen molar-refractivity contribution >= 4 is 39.5 Å². The molecule has 0 heterocycles. The monoisotopic (exact) mass is 1510 g/mol. The molecule has 0 aromatic heterocycles. The fourth-order valence-corrected chi connectivity index (χ4v) is 14.6. The van der Waals surface area contributed by atoms with Gasteiger partial charge in [-0.05, 0) is 37.5 Å². The highest BCUT2D eigenvalue weighted by Crippen LogP contribution is 2.45. The molecule has 0 saturated heterocycles. The molecule has 17 nitrogen and oxygen atoms in total. The molecule has 612 valence electrons. The number of unbranched alkanes of at least 4 members (excludes halogenated alkanes) is 53. The van der Waals surface area contributed by atoms with Gasteiger partial charge in [0.2, 0.25) is 0 Å². The topological polar surface area (TPSA) is 237 Å². The van der Waals surface area contributed by atoms with Gasteiger partial charge in [-0.3, -0.25) is 37.3 Å². The van der Waals surface area contributed by atoms with Crippen molar-refractivity contribution in [2.45, 2.75) is 464 Å². The van der Waals surface area contributed by atoms with E-state index < -0.39 is 97.5 Å². The predicted molar refractivity (Wildman–Crippen MR) is 423 cm³/mol. The van der Waals surface area contributed by atoms with Gasteiger partial charge in [0.15, 0.2) is 12.2 Å². The Bertz CT molecular complexity index is 1980. The molecular weight excluding hydrogens is 1340 g/mol. The highest BCUT2D eigenvalue weighted by Gasteiger charge is 2.30. The van der Waals surface area contributed by atoms with Crippen LogP contribution in [0.2, 0.25) is 0 Å². The van der Waals surface area contributed by atoms with Gasteiger partial charge in [-0.2, -0.15) is 0 Å². The number of esters is 4. The standard InChI is InChI=1S/C84H164O17P2/c1-7-9-11-13-15-17-19-21-23-25-26-27-28-29-31-37-41-45-49-57-63-68-83(88)100-79(72-94-81(86)66-60-54-47-43-39-35-33-32-34-38-42-46-52-58-64-76(3)4)74-98-102(90,91)96-70-78(85)71-97-103(92,93)99-75-80(73-95-82(87)67-61-55-51-50-53-59-65-77(5)6)101-84(89)69-62-56-48-44-40-36-30-24-22-20-18-16-14-12-10-8-2/h76-80,85H,7-75H2,1-6H3,(H,90,91)(H,92,93)/t78-,79-,80-/m1/s1. The summed E-state index contributed by atoms with van der Waals surface area (Å²) >= 11 is 0. The molecule has 2 unspecified atom stereocenters. The van der Waals surface area contributed by atoms with E-state index in [0.29, 0.717) is 31.6 Å². The summed E-state index contributed by atoms with van der Waals surface area (Å²) in [6.45, 7) is 9.60. The zero-order chi connectivity index (χ0) is 75.6. The minimum Gasteiger partial charge on any atom is -0.462 e. The van der Waals surface area contributed by atoms with Gasteiger partial charge in [-0.1, -0.05) is 395 Å². The molecule has 0 aromatic carbocycles. The number of phosphoric ester groups is 2. The third-order valence-electron chi connectivity index (χ3n) is 19.7. The molecule has 0 spiro atoms. The largest absolute Gasteiger partial charge is 0.472 e. The van der Waals surface area contributed by atoms with Crippen LogP contribution < -0.4 is 0 Å². The fraction of sp³-hybridized carbons (Fsp3) is 0.952. The van der Waals surface area contributed by atoms with Crippen LogP contribution in [0.5, 0.6) is 0 Å². The lowest BCUT2D eigenvalue weighted by molar-refractivity contribution is -0.161. The van der Waals surface area contributed by atoms with E-state index in [-0.39, 0.29) is 25.7 Å². The van der Waals surface area contributed by atoms with Crippen LogP contribution in [0.3, 0.4) is 0 Å². The zero-order valence-electron chi connectivity index (χ0n) is 67.6. The van der Waals surface area contributed by atoms with Crippen LogP contribution in [0, 0.1) is 11.8 Å². The summed E-state index contributed by atoms with van der Waals surface area (Å²) in [6.07, 6.45) is 66.9. The molecule has 0 saturated carbocycles. The van der Waals surface area contributed by atoms with Crippen molar-refractivity contribution in [1.29, 1.82) is 0 Å². The van der Waals surface area contributed by atoms with Crippen LogP contribution in [0.4, 0.5) is 0 Å². The van der Waals surface area contributed by atoms with Crippen molar-refractivity contribution in [3.8, 4) is 0 Å². The summed E-state index contributed by atoms with van der Waals surface area (Å²) in [6, 6.07) is 0. The maximum atomic E-state index is 13.1. The van der Waals surface area contributed by atoms with Gasteiger partial charge in [0.1, 0.15) is 19.3 Å². The summed E-state index contributed by atoms with van der Waals surface area (Å²) in [4.78, 5) is 73.1. The molecule has 0 rings (SSSR count). The molecule has 0 fully saturated rings. The smallest absolute Gasteiger partial charge is 0.462 e. The maximum Gasteiger partial charge on any atom is 0.472 e. The van der Waals surface area contributed by atoms with Gasteiger partial charge in [-0.25, -0.2) is 9.13 Å². The Morgan fingerprint density at radius 3 is 0.660 bits per heavy atom. The highest BCUT2D eigenvalue weighted by atomic mass is 31.2. The van der Waals surface area contributed by atoms with Gasteiger partial charge in [0, 0.05) is 25.7 Å². The number of carbonyl (C=O) groups is 4. The number of aliphatic hydroxyl groups is 1. The second kappa shape index (κ2) is 75.5. The lowest BCUT2D eigenvalue weighted by Gasteiger charge is -2.21. The SMILES string of the molecule is CCCCCCCCCCCCCCCCCCCCCCCC(=O)O[C@H](COC(=O)CCCCCCCCCCCCCCCCC(C)C)COP(=O)(O)OC[C@@H](O)COP(=O)(O)OC[C@@H](COC(=O)CCCCCCCCC(C)C)OC(=O)CCCCCCCCCCCCCCCCCC. The minimum absolute atomic E-state index is 0.107. The maximum absolute atomic E-state index is 13.1. The second-order valence-corrected chi connectivity index (χ2v) is 34.1. The van der Waals surface area contributed by atoms with Crippen LogP contribution in [-0.2, 0) is 65.4 Å². The van der Waals surface area contributed by atoms with E-state index in [1.807, 2.05) is 0 Å². The van der Waals surface area contributed by atoms with E-state index in [4.69, 9.17) is 37.0 Å². The van der Waals surface area contributed by atoms with Crippen LogP contribution in [0.1, 0.15) is 446 Å². The lowest BCUT2D eigenvalue weighted by atomic mass is 10.0. The summed E-state index contributed by atoms with van der Waals surface area (Å²) in [7, 11) is -9.92. The lowest BCUT2D eigenvalue weighted by Crippen LogP contribution is -2.30. The Labute approximate surface area is 632 Å². The molecule has 0 amide bonds. The van der Waals surface area contributed by atoms with Crippen molar-refractivity contribution in [1.82, 2.24) is 0 Å². The average molecular weight is 1510 g/mol. The van der Waals surface area contributed by atoms with Crippen LogP contribution in [0.25, 0.3) is 0 Å². The fourth-order valence-electron chi connectivity index (χ4n) is 13.1. The van der Waals surface area contributed by atoms with Crippen molar-refractivity contribution in [3.63, 3.8) is 0 Å². The summed E-state index contributed by atoms with van der Waals surface area (Å²) < 4.78 is 68.8. The first kappa shape index (κ1) is 101. The number of hydrogen-bond donors (Lipinski definition) is 3. The first-order chi connectivity index (χ1) is 49.9. The Morgan fingerprint density at radius 2 is 0.447 bits per heavy atom. The van der Waals surface area contributed by atoms with Crippen LogP contribution in [0.15, 0.2) is 0 Å². The summed E-state index contributed by atoms with van der Waals surface area (Å²) in [5.41, 5.74) is 0. The Morgan fingerprint density at radius 1 is 0.262 bits per heavy atom. The molecule has 5 atom stereocenters. The molecule has 103 heavy (non-hydrogen) atoms. The van der Waals surface area contributed by atoms with Crippen molar-refractivity contribution in [2.75, 3.05) is 39.6 Å². The van der Waals surface area contributed by atoms with E-state index in [2.05, 4.69) is 41.5 Å². The van der Waals surface area contributed by atoms with Gasteiger partial charge >= 0.3 is 39.5 Å². The minimum atomic E-state index is -4.96. The average Bonchev–Trinajstić information content (AvgIpc) is 0.968. The molecule has 0 bridgehead atoms. The van der Waals surface area contributed by atoms with Crippen molar-refractivity contribution in [3.05, 3.63) is 0 Å². The van der Waals surface area contributed by atoms with E-state index in [1.165, 1.54) is 257 Å². The molecule has 0 aliphatic carbocycles. The first-order valence-electron chi connectivity index (χ1n) is 43.5. The molecular formula is C84H164O17P2. The quantitative estimate of drug-likeness (QED) is 0.0222. The third-order valence-corrected chi connectivity index (χ3v) is 21.6. The van der Waals surface area contributed by atoms with Crippen molar-refractivity contribution < 1.29 is 80.2 Å². The Balaban J connectivity index is 5.21. The summed E-state index contributed by atoms with van der Waals surface area (Å²) in [5.74, 6) is -0.628. The molecule has 0 aliphatic heterocycles. The Kier molecular flexibility index (Phi) is 74.1. The van der Waals surface area contributed by atoms with Gasteiger partial charge in [0.25, 0.3) is 0 Å². The van der Waals surface area contributed by atoms with Gasteiger partial charge in [-0.15, -0.1) is 0 Å². The molecule has 0 radical (unpaired) electrons. The zero-order valence-corrected chi connectivity index (χ0v) is 69.4. The Hall–Kier alpha value is -1.94. The predicted octanol–water partition coefficient (Wildman–Crippen LogP) is 25.5. The van der Waals surface area contributed by atoms with E-state index in [1.54, 1.807) is 0 Å². The van der Waals surface area contributed by atoms with Gasteiger partial charge in [0.05, 0.1) is 26.4 Å². The first-order valence-corrected chi connectivity index (χ1v) is 46.5. The molecule has 19 heteroatoms. The number of hydrogen-bond acceptors (Lipinski definition) is 15. The second-order valence-electron chi connectivity index (χ2n) is 31.2. The number of aliphatic hydroxyl groups excluding tert-OH is 1. The van der Waals surface area contributed by atoms with Gasteiger partial charge < -0.3 is 33.8 Å². The van der Waals surface area contributed by atoms with Crippen LogP contribution >= 0.6 is 15.6 Å². The molecule has 3 N–H and O–H groups in total. The van der Waals surface area contributed by atoms with E-state index >= 15 is 0 Å². The number of phosphoric acid groups is 2. The number of carbonyl (C=O) groups excluding carboxylic acids is 4. The highest BCUT2D eigenvalue weighted by molar-refractivity contribution is 7.47. The summed E-state index contributed by atoms with van der Waals surface area (Å²) in [5, 5.41) is 10.7. The van der Waals surface area contributed by atoms with E-state index in [9.17, 15) is 43.2 Å². The molecule has 0 aromatic rings. The normalized spacial score (nSPS) is 13.9. The van der Waals surface area contributed by atoms with Crippen molar-refractivity contribution in [2.24, 2.45) is 11.8 Å². The van der Waals surface area contributed by atoms with Crippen LogP contribution in [-0.4, -0.2) is 96.7 Å². The molecule has 0 aliphatic rings. The third kappa shape index (κ3) is 78.0.